The summed E-state index contributed by atoms with van der Waals surface area (Å²) in [6.07, 6.45) is -1.59. The molecule has 0 spiro atoms. The van der Waals surface area contributed by atoms with Gasteiger partial charge in [0.25, 0.3) is 0 Å². The monoisotopic (exact) mass is 207 g/mol. The predicted octanol–water partition coefficient (Wildman–Crippen LogP) is -1.26. The molecule has 0 aromatic heterocycles. The Hall–Kier alpha value is -0.720. The molecule has 5 nitrogen and oxygen atoms in total. The maximum absolute atomic E-state index is 10.8. The van der Waals surface area contributed by atoms with Crippen LogP contribution in [-0.2, 0) is 27.0 Å². The van der Waals surface area contributed by atoms with E-state index in [0.29, 0.717) is 6.42 Å². The Labute approximate surface area is 81.1 Å². The van der Waals surface area contributed by atoms with Crippen molar-refractivity contribution >= 4 is 23.7 Å². The number of carbonyl (C=O) groups excluding carboxylic acids is 2. The number of esters is 1. The first-order valence-corrected chi connectivity index (χ1v) is 4.14. The minimum atomic E-state index is -1.48. The van der Waals surface area contributed by atoms with E-state index >= 15 is 0 Å². The maximum Gasteiger partial charge on any atom is 0.335 e. The highest BCUT2D eigenvalue weighted by atomic mass is 32.1. The third-order valence-corrected chi connectivity index (χ3v) is 1.35. The van der Waals surface area contributed by atoms with Crippen LogP contribution >= 0.6 is 0 Å². The van der Waals surface area contributed by atoms with Gasteiger partial charge in [-0.05, 0) is 0 Å². The van der Waals surface area contributed by atoms with E-state index in [1.807, 2.05) is 0 Å². The number of ether oxygens (including phenoxy) is 1. The molecule has 6 heteroatoms. The molecule has 0 aromatic rings. The van der Waals surface area contributed by atoms with Crippen LogP contribution in [0.2, 0.25) is 0 Å². The molecule has 1 unspecified atom stereocenters. The van der Waals surface area contributed by atoms with E-state index in [1.165, 1.54) is 0 Å². The van der Waals surface area contributed by atoms with Gasteiger partial charge in [0.15, 0.2) is 6.10 Å². The molecule has 2 N–H and O–H groups in total. The zero-order valence-electron chi connectivity index (χ0n) is 6.93. The Bertz CT molecular complexity index is 182. The lowest BCUT2D eigenvalue weighted by Crippen LogP contribution is -2.25. The minimum absolute atomic E-state index is 0.0258. The van der Waals surface area contributed by atoms with Crippen LogP contribution in [0.4, 0.5) is 0 Å². The molecular formula is C7H11O5S-. The van der Waals surface area contributed by atoms with Crippen molar-refractivity contribution in [2.24, 2.45) is 0 Å². The lowest BCUT2D eigenvalue weighted by Gasteiger charge is -2.10. The molecule has 76 valence electrons. The molecule has 1 atom stereocenters. The summed E-state index contributed by atoms with van der Waals surface area (Å²) in [5.74, 6) is -0.883. The van der Waals surface area contributed by atoms with Crippen LogP contribution in [0.5, 0.6) is 0 Å². The Morgan fingerprint density at radius 1 is 1.46 bits per heavy atom. The molecule has 0 aliphatic carbocycles. The zero-order valence-corrected chi connectivity index (χ0v) is 7.75. The van der Waals surface area contributed by atoms with E-state index < -0.39 is 23.6 Å². The number of rotatable bonds is 6. The lowest BCUT2D eigenvalue weighted by molar-refractivity contribution is -0.154. The number of hydrogen-bond donors (Lipinski definition) is 2. The third kappa shape index (κ3) is 6.44. The summed E-state index contributed by atoms with van der Waals surface area (Å²) in [7, 11) is 0. The van der Waals surface area contributed by atoms with Gasteiger partial charge in [0.1, 0.15) is 0 Å². The van der Waals surface area contributed by atoms with Crippen LogP contribution in [0.1, 0.15) is 12.8 Å². The standard InChI is InChI=1S/C7H12O5S/c8-2-1-3-12-7(11)5(9)4-6(10)13/h5,8-9H,1-4H2,(H,10,13)/p-1. The van der Waals surface area contributed by atoms with Gasteiger partial charge < -0.3 is 32.4 Å². The Kier molecular flexibility index (Phi) is 6.38. The number of aliphatic hydroxyl groups is 2. The maximum atomic E-state index is 10.8. The van der Waals surface area contributed by atoms with Gasteiger partial charge in [0, 0.05) is 24.6 Å². The smallest absolute Gasteiger partial charge is 0.335 e. The van der Waals surface area contributed by atoms with Gasteiger partial charge in [-0.15, -0.1) is 0 Å². The molecule has 0 radical (unpaired) electrons. The van der Waals surface area contributed by atoms with E-state index in [-0.39, 0.29) is 13.2 Å². The van der Waals surface area contributed by atoms with Gasteiger partial charge in [-0.1, -0.05) is 0 Å². The molecule has 0 fully saturated rings. The highest BCUT2D eigenvalue weighted by Gasteiger charge is 2.15. The first-order valence-electron chi connectivity index (χ1n) is 3.73. The van der Waals surface area contributed by atoms with Crippen LogP contribution in [0, 0.1) is 0 Å². The summed E-state index contributed by atoms with van der Waals surface area (Å²) in [4.78, 5) is 21.1. The van der Waals surface area contributed by atoms with E-state index in [2.05, 4.69) is 17.4 Å². The van der Waals surface area contributed by atoms with Crippen molar-refractivity contribution in [1.29, 1.82) is 0 Å². The Morgan fingerprint density at radius 3 is 2.54 bits per heavy atom. The van der Waals surface area contributed by atoms with Crippen LogP contribution in [0.15, 0.2) is 0 Å². The zero-order chi connectivity index (χ0) is 10.3. The van der Waals surface area contributed by atoms with Crippen molar-refractivity contribution in [2.45, 2.75) is 18.9 Å². The largest absolute Gasteiger partial charge is 0.742 e. The molecule has 0 heterocycles. The van der Waals surface area contributed by atoms with Gasteiger partial charge in [-0.3, -0.25) is 0 Å². The second-order valence-electron chi connectivity index (χ2n) is 2.34. The van der Waals surface area contributed by atoms with Crippen LogP contribution in [0.3, 0.4) is 0 Å². The second kappa shape index (κ2) is 6.76. The molecule has 0 bridgehead atoms. The Morgan fingerprint density at radius 2 is 2.08 bits per heavy atom. The fraction of sp³-hybridized carbons (Fsp3) is 0.714. The van der Waals surface area contributed by atoms with Gasteiger partial charge in [-0.2, -0.15) is 0 Å². The van der Waals surface area contributed by atoms with E-state index in [9.17, 15) is 9.59 Å². The lowest BCUT2D eigenvalue weighted by atomic mass is 10.3. The van der Waals surface area contributed by atoms with Crippen LogP contribution in [-0.4, -0.2) is 40.6 Å². The Balaban J connectivity index is 3.63. The molecule has 13 heavy (non-hydrogen) atoms. The van der Waals surface area contributed by atoms with Crippen LogP contribution in [0.25, 0.3) is 0 Å². The molecule has 0 rings (SSSR count). The van der Waals surface area contributed by atoms with Gasteiger partial charge in [0.2, 0.25) is 0 Å². The van der Waals surface area contributed by atoms with E-state index in [4.69, 9.17) is 10.2 Å². The molecule has 0 aliphatic heterocycles. The van der Waals surface area contributed by atoms with Crippen molar-refractivity contribution in [2.75, 3.05) is 13.2 Å². The number of carbonyl (C=O) groups is 2. The fourth-order valence-electron chi connectivity index (χ4n) is 0.575. The van der Waals surface area contributed by atoms with Gasteiger partial charge >= 0.3 is 5.97 Å². The minimum Gasteiger partial charge on any atom is -0.742 e. The van der Waals surface area contributed by atoms with Crippen molar-refractivity contribution in [1.82, 2.24) is 0 Å². The molecular weight excluding hydrogens is 196 g/mol. The summed E-state index contributed by atoms with van der Waals surface area (Å²) < 4.78 is 4.50. The molecule has 0 saturated heterocycles. The molecule has 0 aliphatic rings. The summed E-state index contributed by atoms with van der Waals surface area (Å²) >= 11 is 4.16. The number of hydrogen-bond acceptors (Lipinski definition) is 6. The predicted molar refractivity (Wildman–Crippen MR) is 45.7 cm³/mol. The highest BCUT2D eigenvalue weighted by molar-refractivity contribution is 7.77. The van der Waals surface area contributed by atoms with E-state index in [0.717, 1.165) is 0 Å². The fourth-order valence-corrected chi connectivity index (χ4v) is 0.733. The molecule has 0 amide bonds. The van der Waals surface area contributed by atoms with Crippen molar-refractivity contribution < 1.29 is 24.5 Å². The number of aliphatic hydroxyl groups excluding tert-OH is 2. The summed E-state index contributed by atoms with van der Waals surface area (Å²) in [5, 5.41) is 16.6. The summed E-state index contributed by atoms with van der Waals surface area (Å²) in [6.45, 7) is -0.0681. The second-order valence-corrected chi connectivity index (χ2v) is 2.79. The molecule has 0 saturated carbocycles. The third-order valence-electron chi connectivity index (χ3n) is 1.18. The summed E-state index contributed by atoms with van der Waals surface area (Å²) in [5.41, 5.74) is 0. The normalized spacial score (nSPS) is 12.2. The van der Waals surface area contributed by atoms with Crippen molar-refractivity contribution in [3.63, 3.8) is 0 Å². The molecule has 0 aromatic carbocycles. The topological polar surface area (TPSA) is 83.8 Å². The van der Waals surface area contributed by atoms with Gasteiger partial charge in [-0.25, -0.2) is 4.79 Å². The average molecular weight is 207 g/mol. The average Bonchev–Trinajstić information content (AvgIpc) is 2.03. The van der Waals surface area contributed by atoms with E-state index in [1.54, 1.807) is 0 Å². The first kappa shape index (κ1) is 12.3. The quantitative estimate of drug-likeness (QED) is 0.321. The SMILES string of the molecule is O=C([S-])CC(O)C(=O)OCCCO. The highest BCUT2D eigenvalue weighted by Crippen LogP contribution is 1.96. The summed E-state index contributed by atoms with van der Waals surface area (Å²) in [6, 6.07) is 0. The van der Waals surface area contributed by atoms with Gasteiger partial charge in [0.05, 0.1) is 6.61 Å². The van der Waals surface area contributed by atoms with Crippen molar-refractivity contribution in [3.05, 3.63) is 0 Å². The first-order chi connectivity index (χ1) is 6.07. The van der Waals surface area contributed by atoms with Crippen molar-refractivity contribution in [3.8, 4) is 0 Å². The van der Waals surface area contributed by atoms with Crippen LogP contribution < -0.4 is 0 Å².